The van der Waals surface area contributed by atoms with Crippen molar-refractivity contribution in [3.8, 4) is 0 Å². The van der Waals surface area contributed by atoms with Crippen LogP contribution in [0.3, 0.4) is 0 Å². The van der Waals surface area contributed by atoms with Crippen LogP contribution in [0.4, 0.5) is 0 Å². The summed E-state index contributed by atoms with van der Waals surface area (Å²) in [6.45, 7) is 4.09. The van der Waals surface area contributed by atoms with Gasteiger partial charge in [0.2, 0.25) is 11.8 Å². The summed E-state index contributed by atoms with van der Waals surface area (Å²) in [5.74, 6) is -2.43. The Morgan fingerprint density at radius 2 is 1.80 bits per heavy atom. The molecule has 20 heavy (non-hydrogen) atoms. The van der Waals surface area contributed by atoms with E-state index in [9.17, 15) is 14.4 Å². The molecule has 0 bridgehead atoms. The monoisotopic (exact) mass is 285 g/mol. The molecular formula is C13H23N3O4. The second-order valence-electron chi connectivity index (χ2n) is 5.30. The first-order chi connectivity index (χ1) is 9.32. The summed E-state index contributed by atoms with van der Waals surface area (Å²) in [6.07, 6.45) is 0.749. The van der Waals surface area contributed by atoms with Crippen molar-refractivity contribution >= 4 is 17.8 Å². The maximum Gasteiger partial charge on any atom is 0.315 e. The largest absolute Gasteiger partial charge is 0.481 e. The van der Waals surface area contributed by atoms with Gasteiger partial charge in [-0.25, -0.2) is 0 Å². The van der Waals surface area contributed by atoms with Crippen LogP contribution in [0, 0.1) is 5.92 Å². The average molecular weight is 285 g/mol. The van der Waals surface area contributed by atoms with Gasteiger partial charge in [-0.05, 0) is 13.3 Å². The van der Waals surface area contributed by atoms with Crippen LogP contribution in [-0.4, -0.2) is 84.4 Å². The average Bonchev–Trinajstić information content (AvgIpc) is 2.62. The van der Waals surface area contributed by atoms with Gasteiger partial charge in [-0.1, -0.05) is 0 Å². The van der Waals surface area contributed by atoms with E-state index in [0.717, 1.165) is 13.0 Å². The summed E-state index contributed by atoms with van der Waals surface area (Å²) in [4.78, 5) is 39.6. The van der Waals surface area contributed by atoms with E-state index in [0.29, 0.717) is 26.2 Å². The van der Waals surface area contributed by atoms with Gasteiger partial charge < -0.3 is 14.9 Å². The molecule has 1 rings (SSSR count). The number of carboxylic acids is 1. The van der Waals surface area contributed by atoms with E-state index in [2.05, 4.69) is 0 Å². The van der Waals surface area contributed by atoms with Crippen LogP contribution in [0.5, 0.6) is 0 Å². The molecule has 1 aliphatic heterocycles. The first-order valence-electron chi connectivity index (χ1n) is 6.77. The van der Waals surface area contributed by atoms with Gasteiger partial charge in [-0.3, -0.25) is 19.3 Å². The number of aliphatic carboxylic acids is 1. The minimum absolute atomic E-state index is 0.0312. The number of rotatable bonds is 4. The number of carboxylic acid groups (broad SMARTS) is 1. The third-order valence-corrected chi connectivity index (χ3v) is 3.50. The SMILES string of the molecule is CC(C(=O)O)C(=O)N1CCCN(CC(=O)N(C)C)CC1. The highest BCUT2D eigenvalue weighted by Crippen LogP contribution is 2.08. The Morgan fingerprint density at radius 1 is 1.15 bits per heavy atom. The Bertz CT molecular complexity index is 384. The maximum atomic E-state index is 12.0. The fourth-order valence-corrected chi connectivity index (χ4v) is 2.06. The minimum Gasteiger partial charge on any atom is -0.481 e. The van der Waals surface area contributed by atoms with Crippen LogP contribution in [0.15, 0.2) is 0 Å². The first kappa shape index (κ1) is 16.4. The Hall–Kier alpha value is -1.63. The lowest BCUT2D eigenvalue weighted by Gasteiger charge is -2.23. The quantitative estimate of drug-likeness (QED) is 0.693. The number of hydrogen-bond donors (Lipinski definition) is 1. The predicted molar refractivity (Wildman–Crippen MR) is 73.1 cm³/mol. The van der Waals surface area contributed by atoms with E-state index >= 15 is 0 Å². The molecular weight excluding hydrogens is 262 g/mol. The van der Waals surface area contributed by atoms with Gasteiger partial charge in [0, 0.05) is 40.3 Å². The summed E-state index contributed by atoms with van der Waals surface area (Å²) >= 11 is 0. The van der Waals surface area contributed by atoms with Gasteiger partial charge in [-0.15, -0.1) is 0 Å². The number of amides is 2. The Labute approximate surface area is 119 Å². The highest BCUT2D eigenvalue weighted by Gasteiger charge is 2.28. The van der Waals surface area contributed by atoms with Crippen LogP contribution >= 0.6 is 0 Å². The molecule has 0 radical (unpaired) electrons. The van der Waals surface area contributed by atoms with Gasteiger partial charge in [0.1, 0.15) is 5.92 Å². The molecule has 1 atom stereocenters. The summed E-state index contributed by atoms with van der Waals surface area (Å²) in [5.41, 5.74) is 0. The zero-order valence-electron chi connectivity index (χ0n) is 12.3. The highest BCUT2D eigenvalue weighted by molar-refractivity contribution is 5.96. The zero-order chi connectivity index (χ0) is 15.3. The minimum atomic E-state index is -1.10. The second kappa shape index (κ2) is 7.23. The van der Waals surface area contributed by atoms with E-state index in [1.807, 2.05) is 4.90 Å². The number of carbonyl (C=O) groups excluding carboxylic acids is 2. The number of likely N-dealkylation sites (N-methyl/N-ethyl adjacent to an activating group) is 1. The van der Waals surface area contributed by atoms with E-state index in [-0.39, 0.29) is 11.8 Å². The number of nitrogens with zero attached hydrogens (tertiary/aromatic N) is 3. The normalized spacial score (nSPS) is 18.2. The van der Waals surface area contributed by atoms with Crippen LogP contribution < -0.4 is 0 Å². The van der Waals surface area contributed by atoms with Crippen molar-refractivity contribution in [3.05, 3.63) is 0 Å². The van der Waals surface area contributed by atoms with Crippen LogP contribution in [0.1, 0.15) is 13.3 Å². The molecule has 0 aromatic carbocycles. The van der Waals surface area contributed by atoms with E-state index in [4.69, 9.17) is 5.11 Å². The summed E-state index contributed by atoms with van der Waals surface area (Å²) in [7, 11) is 3.43. The van der Waals surface area contributed by atoms with Crippen molar-refractivity contribution in [3.63, 3.8) is 0 Å². The Kier molecular flexibility index (Phi) is 5.94. The molecule has 1 unspecified atom stereocenters. The van der Waals surface area contributed by atoms with Crippen molar-refractivity contribution in [1.29, 1.82) is 0 Å². The summed E-state index contributed by atoms with van der Waals surface area (Å²) in [5, 5.41) is 8.88. The smallest absolute Gasteiger partial charge is 0.315 e. The van der Waals surface area contributed by atoms with Crippen molar-refractivity contribution < 1.29 is 19.5 Å². The molecule has 0 spiro atoms. The molecule has 1 fully saturated rings. The van der Waals surface area contributed by atoms with Crippen molar-refractivity contribution in [2.24, 2.45) is 5.92 Å². The third kappa shape index (κ3) is 4.48. The third-order valence-electron chi connectivity index (χ3n) is 3.50. The molecule has 2 amide bonds. The van der Waals surface area contributed by atoms with Gasteiger partial charge in [0.25, 0.3) is 0 Å². The molecule has 7 nitrogen and oxygen atoms in total. The number of hydrogen-bond acceptors (Lipinski definition) is 4. The van der Waals surface area contributed by atoms with Gasteiger partial charge in [0.05, 0.1) is 6.54 Å². The Morgan fingerprint density at radius 3 is 2.35 bits per heavy atom. The van der Waals surface area contributed by atoms with Crippen LogP contribution in [-0.2, 0) is 14.4 Å². The second-order valence-corrected chi connectivity index (χ2v) is 5.30. The lowest BCUT2D eigenvalue weighted by Crippen LogP contribution is -2.42. The van der Waals surface area contributed by atoms with Crippen LogP contribution in [0.2, 0.25) is 0 Å². The van der Waals surface area contributed by atoms with Gasteiger partial charge in [-0.2, -0.15) is 0 Å². The molecule has 1 heterocycles. The zero-order valence-corrected chi connectivity index (χ0v) is 12.3. The highest BCUT2D eigenvalue weighted by atomic mass is 16.4. The molecule has 0 aromatic rings. The molecule has 1 aliphatic rings. The van der Waals surface area contributed by atoms with E-state index in [1.54, 1.807) is 23.9 Å². The fraction of sp³-hybridized carbons (Fsp3) is 0.769. The van der Waals surface area contributed by atoms with Gasteiger partial charge >= 0.3 is 5.97 Å². The van der Waals surface area contributed by atoms with E-state index in [1.165, 1.54) is 6.92 Å². The molecule has 114 valence electrons. The van der Waals surface area contributed by atoms with Crippen LogP contribution in [0.25, 0.3) is 0 Å². The first-order valence-corrected chi connectivity index (χ1v) is 6.77. The van der Waals surface area contributed by atoms with Crippen molar-refractivity contribution in [2.45, 2.75) is 13.3 Å². The summed E-state index contributed by atoms with van der Waals surface area (Å²) < 4.78 is 0. The fourth-order valence-electron chi connectivity index (χ4n) is 2.06. The Balaban J connectivity index is 2.53. The topological polar surface area (TPSA) is 81.2 Å². The molecule has 1 saturated heterocycles. The molecule has 1 N–H and O–H groups in total. The van der Waals surface area contributed by atoms with E-state index < -0.39 is 11.9 Å². The molecule has 0 saturated carbocycles. The molecule has 0 aliphatic carbocycles. The summed E-state index contributed by atoms with van der Waals surface area (Å²) in [6, 6.07) is 0. The predicted octanol–water partition coefficient (Wildman–Crippen LogP) is -0.670. The number of carbonyl (C=O) groups is 3. The maximum absolute atomic E-state index is 12.0. The lowest BCUT2D eigenvalue weighted by atomic mass is 10.1. The van der Waals surface area contributed by atoms with Gasteiger partial charge in [0.15, 0.2) is 0 Å². The van der Waals surface area contributed by atoms with Crippen molar-refractivity contribution in [2.75, 3.05) is 46.8 Å². The molecule has 0 aromatic heterocycles. The lowest BCUT2D eigenvalue weighted by molar-refractivity contribution is -0.150. The molecule has 7 heteroatoms. The van der Waals surface area contributed by atoms with Crippen molar-refractivity contribution in [1.82, 2.24) is 14.7 Å². The standard InChI is InChI=1S/C13H23N3O4/c1-10(13(19)20)12(18)16-6-4-5-15(7-8-16)9-11(17)14(2)3/h10H,4-9H2,1-3H3,(H,19,20).